The van der Waals surface area contributed by atoms with Crippen LogP contribution in [0.5, 0.6) is 5.75 Å². The Labute approximate surface area is 175 Å². The van der Waals surface area contributed by atoms with Crippen molar-refractivity contribution in [3.8, 4) is 5.75 Å². The van der Waals surface area contributed by atoms with Gasteiger partial charge >= 0.3 is 0 Å². The van der Waals surface area contributed by atoms with E-state index in [-0.39, 0.29) is 31.0 Å². The van der Waals surface area contributed by atoms with Crippen molar-refractivity contribution in [2.45, 2.75) is 6.42 Å². The molecule has 0 fully saturated rings. The fraction of sp³-hybridized carbons (Fsp3) is 0.263. The molecular weight excluding hydrogens is 455 g/mol. The molecule has 6 nitrogen and oxygen atoms in total. The molecule has 0 aliphatic heterocycles. The Bertz CT molecular complexity index is 851. The Morgan fingerprint density at radius 3 is 2.75 bits per heavy atom. The predicted octanol–water partition coefficient (Wildman–Crippen LogP) is 4.03. The minimum Gasteiger partial charge on any atom is -0.487 e. The highest BCUT2D eigenvalue weighted by Gasteiger charge is 2.14. The lowest BCUT2D eigenvalue weighted by Gasteiger charge is -2.14. The molecule has 0 atom stereocenters. The van der Waals surface area contributed by atoms with Gasteiger partial charge in [0.1, 0.15) is 12.4 Å². The topological polar surface area (TPSA) is 76.7 Å². The standard InChI is InChI=1S/C19H19BrClFN2O4/c1-27-9-10-28-18-15(21)3-2-4-16(18)24-17(25)7-8-23-19(26)13-11-12(22)5-6-14(13)20/h2-6,11H,7-10H2,1H3,(H,23,26)(H,24,25). The normalized spacial score (nSPS) is 10.4. The largest absolute Gasteiger partial charge is 0.487 e. The molecule has 2 N–H and O–H groups in total. The summed E-state index contributed by atoms with van der Waals surface area (Å²) in [5.74, 6) is -0.988. The summed E-state index contributed by atoms with van der Waals surface area (Å²) in [6.45, 7) is 0.732. The van der Waals surface area contributed by atoms with Crippen LogP contribution in [0.4, 0.5) is 10.1 Å². The van der Waals surface area contributed by atoms with E-state index in [1.165, 1.54) is 12.1 Å². The van der Waals surface area contributed by atoms with E-state index in [0.717, 1.165) is 6.07 Å². The molecule has 0 heterocycles. The Kier molecular flexibility index (Phi) is 8.69. The first kappa shape index (κ1) is 22.1. The van der Waals surface area contributed by atoms with E-state index in [9.17, 15) is 14.0 Å². The first-order valence-corrected chi connectivity index (χ1v) is 9.53. The van der Waals surface area contributed by atoms with Gasteiger partial charge in [-0.2, -0.15) is 0 Å². The number of carbonyl (C=O) groups is 2. The molecule has 0 saturated heterocycles. The number of para-hydroxylation sites is 1. The van der Waals surface area contributed by atoms with Crippen LogP contribution >= 0.6 is 27.5 Å². The maximum absolute atomic E-state index is 13.3. The summed E-state index contributed by atoms with van der Waals surface area (Å²) < 4.78 is 24.2. The molecule has 9 heteroatoms. The first-order chi connectivity index (χ1) is 13.4. The number of carbonyl (C=O) groups excluding carboxylic acids is 2. The minimum atomic E-state index is -0.520. The molecule has 2 aromatic rings. The van der Waals surface area contributed by atoms with Crippen molar-refractivity contribution in [2.24, 2.45) is 0 Å². The third kappa shape index (κ3) is 6.47. The van der Waals surface area contributed by atoms with Gasteiger partial charge in [0.05, 0.1) is 22.9 Å². The molecule has 0 radical (unpaired) electrons. The van der Waals surface area contributed by atoms with Crippen LogP contribution in [-0.2, 0) is 9.53 Å². The van der Waals surface area contributed by atoms with Gasteiger partial charge in [-0.3, -0.25) is 9.59 Å². The second-order valence-corrected chi connectivity index (χ2v) is 6.90. The number of rotatable bonds is 9. The SMILES string of the molecule is COCCOc1c(Cl)cccc1NC(=O)CCNC(=O)c1cc(F)ccc1Br. The third-order valence-corrected chi connectivity index (χ3v) is 4.57. The first-order valence-electron chi connectivity index (χ1n) is 8.35. The number of nitrogens with one attached hydrogen (secondary N) is 2. The summed E-state index contributed by atoms with van der Waals surface area (Å²) in [7, 11) is 1.55. The maximum atomic E-state index is 13.3. The van der Waals surface area contributed by atoms with E-state index in [1.807, 2.05) is 0 Å². The molecule has 0 unspecified atom stereocenters. The molecule has 0 aliphatic carbocycles. The third-order valence-electron chi connectivity index (χ3n) is 3.59. The number of hydrogen-bond acceptors (Lipinski definition) is 4. The van der Waals surface area contributed by atoms with Crippen molar-refractivity contribution >= 4 is 45.0 Å². The lowest BCUT2D eigenvalue weighted by atomic mass is 10.2. The summed E-state index contributed by atoms with van der Waals surface area (Å²) in [6.07, 6.45) is 0.0166. The lowest BCUT2D eigenvalue weighted by molar-refractivity contribution is -0.116. The van der Waals surface area contributed by atoms with Gasteiger partial charge in [-0.15, -0.1) is 0 Å². The van der Waals surface area contributed by atoms with Crippen LogP contribution in [0.2, 0.25) is 5.02 Å². The minimum absolute atomic E-state index is 0.0166. The Morgan fingerprint density at radius 2 is 2.00 bits per heavy atom. The smallest absolute Gasteiger partial charge is 0.252 e. The van der Waals surface area contributed by atoms with Gasteiger partial charge < -0.3 is 20.1 Å². The van der Waals surface area contributed by atoms with E-state index >= 15 is 0 Å². The van der Waals surface area contributed by atoms with Gasteiger partial charge in [0, 0.05) is 24.5 Å². The summed E-state index contributed by atoms with van der Waals surface area (Å²) in [4.78, 5) is 24.3. The van der Waals surface area contributed by atoms with E-state index in [0.29, 0.717) is 27.5 Å². The van der Waals surface area contributed by atoms with Crippen LogP contribution in [0.25, 0.3) is 0 Å². The van der Waals surface area contributed by atoms with Crippen LogP contribution in [0.3, 0.4) is 0 Å². The average Bonchev–Trinajstić information content (AvgIpc) is 2.66. The lowest BCUT2D eigenvalue weighted by Crippen LogP contribution is -2.28. The number of methoxy groups -OCH3 is 1. The zero-order valence-corrected chi connectivity index (χ0v) is 17.4. The number of amides is 2. The van der Waals surface area contributed by atoms with E-state index < -0.39 is 11.7 Å². The van der Waals surface area contributed by atoms with E-state index in [2.05, 4.69) is 26.6 Å². The van der Waals surface area contributed by atoms with Crippen molar-refractivity contribution in [2.75, 3.05) is 32.2 Å². The summed E-state index contributed by atoms with van der Waals surface area (Å²) in [5.41, 5.74) is 0.580. The van der Waals surface area contributed by atoms with Gasteiger partial charge in [0.25, 0.3) is 5.91 Å². The number of halogens is 3. The molecule has 0 spiro atoms. The zero-order valence-electron chi connectivity index (χ0n) is 15.1. The van der Waals surface area contributed by atoms with Crippen molar-refractivity contribution in [1.29, 1.82) is 0 Å². The van der Waals surface area contributed by atoms with Crippen molar-refractivity contribution in [3.63, 3.8) is 0 Å². The van der Waals surface area contributed by atoms with Crippen molar-refractivity contribution in [3.05, 3.63) is 57.3 Å². The number of hydrogen-bond donors (Lipinski definition) is 2. The Hall–Kier alpha value is -2.16. The highest BCUT2D eigenvalue weighted by atomic mass is 79.9. The fourth-order valence-corrected chi connectivity index (χ4v) is 2.91. The second kappa shape index (κ2) is 11.0. The zero-order chi connectivity index (χ0) is 20.5. The summed E-state index contributed by atoms with van der Waals surface area (Å²) in [5, 5.41) is 5.64. The number of benzene rings is 2. The maximum Gasteiger partial charge on any atom is 0.252 e. The molecule has 2 aromatic carbocycles. The molecule has 0 aliphatic rings. The van der Waals surface area contributed by atoms with Crippen LogP contribution in [0, 0.1) is 5.82 Å². The molecule has 0 bridgehead atoms. The molecule has 150 valence electrons. The van der Waals surface area contributed by atoms with E-state index in [1.54, 1.807) is 25.3 Å². The number of anilines is 1. The van der Waals surface area contributed by atoms with Gasteiger partial charge in [0.15, 0.2) is 5.75 Å². The van der Waals surface area contributed by atoms with Crippen molar-refractivity contribution < 1.29 is 23.5 Å². The van der Waals surface area contributed by atoms with Crippen LogP contribution in [-0.4, -0.2) is 38.7 Å². The summed E-state index contributed by atoms with van der Waals surface area (Å²) >= 11 is 9.32. The molecule has 2 rings (SSSR count). The van der Waals surface area contributed by atoms with Crippen LogP contribution in [0.15, 0.2) is 40.9 Å². The van der Waals surface area contributed by atoms with Gasteiger partial charge in [-0.25, -0.2) is 4.39 Å². The fourth-order valence-electron chi connectivity index (χ4n) is 2.25. The molecule has 28 heavy (non-hydrogen) atoms. The number of ether oxygens (including phenoxy) is 2. The molecule has 0 saturated carbocycles. The van der Waals surface area contributed by atoms with Gasteiger partial charge in [-0.1, -0.05) is 17.7 Å². The summed E-state index contributed by atoms with van der Waals surface area (Å²) in [6, 6.07) is 8.80. The Morgan fingerprint density at radius 1 is 1.21 bits per heavy atom. The Balaban J connectivity index is 1.90. The van der Waals surface area contributed by atoms with Crippen LogP contribution < -0.4 is 15.4 Å². The van der Waals surface area contributed by atoms with Crippen molar-refractivity contribution in [1.82, 2.24) is 5.32 Å². The average molecular weight is 474 g/mol. The highest BCUT2D eigenvalue weighted by Crippen LogP contribution is 2.33. The molecule has 0 aromatic heterocycles. The second-order valence-electron chi connectivity index (χ2n) is 5.64. The van der Waals surface area contributed by atoms with Gasteiger partial charge in [-0.05, 0) is 46.3 Å². The van der Waals surface area contributed by atoms with Gasteiger partial charge in [0.2, 0.25) is 5.91 Å². The highest BCUT2D eigenvalue weighted by molar-refractivity contribution is 9.10. The monoisotopic (exact) mass is 472 g/mol. The van der Waals surface area contributed by atoms with E-state index in [4.69, 9.17) is 21.1 Å². The van der Waals surface area contributed by atoms with Crippen LogP contribution in [0.1, 0.15) is 16.8 Å². The molecular formula is C19H19BrClFN2O4. The quantitative estimate of drug-likeness (QED) is 0.539. The molecule has 2 amide bonds. The predicted molar refractivity (Wildman–Crippen MR) is 109 cm³/mol.